The van der Waals surface area contributed by atoms with Crippen LogP contribution in [0, 0.1) is 0 Å². The molecule has 122 valence electrons. The van der Waals surface area contributed by atoms with Crippen LogP contribution in [0.25, 0.3) is 0 Å². The molecule has 23 heavy (non-hydrogen) atoms. The Morgan fingerprint density at radius 3 is 2.04 bits per heavy atom. The van der Waals surface area contributed by atoms with Crippen molar-refractivity contribution in [1.82, 2.24) is 0 Å². The van der Waals surface area contributed by atoms with E-state index in [-0.39, 0.29) is 0 Å². The lowest BCUT2D eigenvalue weighted by Gasteiger charge is -2.25. The highest BCUT2D eigenvalue weighted by atomic mass is 32.2. The fourth-order valence-corrected chi connectivity index (χ4v) is 5.33. The molecule has 1 N–H and O–H groups in total. The van der Waals surface area contributed by atoms with Crippen molar-refractivity contribution in [1.29, 1.82) is 0 Å². The lowest BCUT2D eigenvalue weighted by molar-refractivity contribution is 0.0605. The van der Waals surface area contributed by atoms with E-state index in [0.717, 1.165) is 5.56 Å². The van der Waals surface area contributed by atoms with E-state index < -0.39 is 13.7 Å². The average molecular weight is 343 g/mol. The quantitative estimate of drug-likeness (QED) is 0.526. The van der Waals surface area contributed by atoms with Crippen LogP contribution in [-0.2, 0) is 5.60 Å². The zero-order valence-corrected chi connectivity index (χ0v) is 16.2. The first-order valence-electron chi connectivity index (χ1n) is 8.00. The van der Waals surface area contributed by atoms with Gasteiger partial charge < -0.3 is 5.11 Å². The summed E-state index contributed by atoms with van der Waals surface area (Å²) < 4.78 is 1.42. The van der Waals surface area contributed by atoms with Crippen LogP contribution < -0.4 is 0 Å². The third-order valence-electron chi connectivity index (χ3n) is 3.79. The number of aliphatic hydroxyl groups is 1. The molecule has 0 amide bonds. The van der Waals surface area contributed by atoms with Gasteiger partial charge in [-0.3, -0.25) is 0 Å². The van der Waals surface area contributed by atoms with E-state index in [1.54, 1.807) is 0 Å². The van der Waals surface area contributed by atoms with Crippen molar-refractivity contribution in [2.24, 2.45) is 0 Å². The van der Waals surface area contributed by atoms with Gasteiger partial charge in [-0.05, 0) is 35.6 Å². The highest BCUT2D eigenvalue weighted by molar-refractivity contribution is 8.05. The van der Waals surface area contributed by atoms with Crippen molar-refractivity contribution >= 4 is 19.8 Å². The third-order valence-corrected chi connectivity index (χ3v) is 8.51. The number of rotatable bonds is 6. The Morgan fingerprint density at radius 1 is 1.00 bits per heavy atom. The van der Waals surface area contributed by atoms with Crippen molar-refractivity contribution in [3.63, 3.8) is 0 Å². The van der Waals surface area contributed by atoms with E-state index in [2.05, 4.69) is 50.0 Å². The maximum Gasteiger partial charge on any atom is 0.0903 e. The molecule has 0 aromatic heterocycles. The molecule has 1 nitrogen and oxygen atoms in total. The molecule has 0 saturated carbocycles. The smallest absolute Gasteiger partial charge is 0.0903 e. The fraction of sp³-hybridized carbons (Fsp3) is 0.300. The van der Waals surface area contributed by atoms with Crippen LogP contribution in [0.4, 0.5) is 0 Å². The Labute approximate surface area is 145 Å². The monoisotopic (exact) mass is 342 g/mol. The molecule has 0 aliphatic carbocycles. The first-order valence-corrected chi connectivity index (χ1v) is 12.3. The molecular formula is C20H26OSSi. The predicted octanol–water partition coefficient (Wildman–Crippen LogP) is 5.84. The second-order valence-corrected chi connectivity index (χ2v) is 13.6. The summed E-state index contributed by atoms with van der Waals surface area (Å²) >= 11 is 1.84. The van der Waals surface area contributed by atoms with Crippen LogP contribution in [0.2, 0.25) is 19.6 Å². The van der Waals surface area contributed by atoms with Gasteiger partial charge in [-0.2, -0.15) is 0 Å². The Morgan fingerprint density at radius 2 is 1.52 bits per heavy atom. The summed E-state index contributed by atoms with van der Waals surface area (Å²) in [5, 5.41) is 10.8. The van der Waals surface area contributed by atoms with E-state index in [4.69, 9.17) is 0 Å². The first-order chi connectivity index (χ1) is 10.8. The minimum atomic E-state index is -1.46. The molecule has 1 unspecified atom stereocenters. The van der Waals surface area contributed by atoms with Crippen LogP contribution in [0.3, 0.4) is 0 Å². The summed E-state index contributed by atoms with van der Waals surface area (Å²) in [5.74, 6) is 0. The molecule has 0 aliphatic heterocycles. The summed E-state index contributed by atoms with van der Waals surface area (Å²) in [6.45, 7) is 8.96. The maximum atomic E-state index is 10.8. The van der Waals surface area contributed by atoms with Crippen LogP contribution >= 0.6 is 11.8 Å². The largest absolute Gasteiger partial charge is 0.385 e. The van der Waals surface area contributed by atoms with E-state index in [9.17, 15) is 5.11 Å². The van der Waals surface area contributed by atoms with Gasteiger partial charge in [0.1, 0.15) is 0 Å². The van der Waals surface area contributed by atoms with Crippen molar-refractivity contribution < 1.29 is 5.11 Å². The van der Waals surface area contributed by atoms with Gasteiger partial charge in [0.05, 0.1) is 13.7 Å². The number of hydrogen-bond acceptors (Lipinski definition) is 2. The Hall–Kier alpha value is -1.29. The van der Waals surface area contributed by atoms with Crippen LogP contribution in [0.5, 0.6) is 0 Å². The third kappa shape index (κ3) is 5.38. The van der Waals surface area contributed by atoms with Crippen LogP contribution in [0.15, 0.2) is 76.2 Å². The molecule has 2 aromatic carbocycles. The highest BCUT2D eigenvalue weighted by Gasteiger charge is 2.25. The standard InChI is InChI=1S/C20H26OSSi/c1-20(21,17-11-7-5-8-12-17)16-15-19(23(2,3)4)22-18-13-9-6-10-14-18/h5-15,21H,16H2,1-4H3/b19-15+. The van der Waals surface area contributed by atoms with Gasteiger partial charge in [0.25, 0.3) is 0 Å². The number of thioether (sulfide) groups is 1. The van der Waals surface area contributed by atoms with Gasteiger partial charge in [-0.25, -0.2) is 0 Å². The average Bonchev–Trinajstić information content (AvgIpc) is 2.52. The second kappa shape index (κ2) is 7.52. The van der Waals surface area contributed by atoms with Gasteiger partial charge in [-0.1, -0.05) is 86.0 Å². The van der Waals surface area contributed by atoms with E-state index in [0.29, 0.717) is 6.42 Å². The molecule has 1 atom stereocenters. The highest BCUT2D eigenvalue weighted by Crippen LogP contribution is 2.35. The minimum Gasteiger partial charge on any atom is -0.385 e. The van der Waals surface area contributed by atoms with Gasteiger partial charge in [0.2, 0.25) is 0 Å². The van der Waals surface area contributed by atoms with Gasteiger partial charge in [0.15, 0.2) is 0 Å². The number of benzene rings is 2. The van der Waals surface area contributed by atoms with E-state index >= 15 is 0 Å². The molecule has 3 heteroatoms. The molecule has 0 aliphatic rings. The van der Waals surface area contributed by atoms with Crippen LogP contribution in [0.1, 0.15) is 18.9 Å². The Bertz CT molecular complexity index is 642. The van der Waals surface area contributed by atoms with Gasteiger partial charge >= 0.3 is 0 Å². The zero-order valence-electron chi connectivity index (χ0n) is 14.4. The zero-order chi connectivity index (χ0) is 16.9. The Balaban J connectivity index is 2.21. The second-order valence-electron chi connectivity index (χ2n) is 7.08. The van der Waals surface area contributed by atoms with Crippen molar-refractivity contribution in [3.05, 3.63) is 76.8 Å². The molecule has 0 radical (unpaired) electrons. The molecule has 0 spiro atoms. The molecule has 2 aromatic rings. The molecule has 0 bridgehead atoms. The van der Waals surface area contributed by atoms with Gasteiger partial charge in [0, 0.05) is 4.90 Å². The Kier molecular flexibility index (Phi) is 5.90. The minimum absolute atomic E-state index is 0.635. The van der Waals surface area contributed by atoms with E-state index in [1.807, 2.05) is 55.1 Å². The normalized spacial score (nSPS) is 15.3. The predicted molar refractivity (Wildman–Crippen MR) is 104 cm³/mol. The van der Waals surface area contributed by atoms with Crippen molar-refractivity contribution in [2.75, 3.05) is 0 Å². The summed E-state index contributed by atoms with van der Waals surface area (Å²) in [5.41, 5.74) is 0.138. The summed E-state index contributed by atoms with van der Waals surface area (Å²) in [6, 6.07) is 20.4. The first kappa shape index (κ1) is 18.1. The molecule has 0 heterocycles. The summed E-state index contributed by atoms with van der Waals surface area (Å²) in [4.78, 5) is 1.26. The molecular weight excluding hydrogens is 316 g/mol. The van der Waals surface area contributed by atoms with Crippen molar-refractivity contribution in [2.45, 2.75) is 43.5 Å². The lowest BCUT2D eigenvalue weighted by Crippen LogP contribution is -2.24. The maximum absolute atomic E-state index is 10.8. The summed E-state index contributed by atoms with van der Waals surface area (Å²) in [7, 11) is -1.46. The SMILES string of the molecule is CC(O)(C/C=C(\Sc1ccccc1)[Si](C)(C)C)c1ccccc1. The molecule has 0 fully saturated rings. The molecule has 2 rings (SSSR count). The van der Waals surface area contributed by atoms with Gasteiger partial charge in [-0.15, -0.1) is 0 Å². The molecule has 0 saturated heterocycles. The number of hydrogen-bond donors (Lipinski definition) is 1. The lowest BCUT2D eigenvalue weighted by atomic mass is 9.93. The van der Waals surface area contributed by atoms with E-state index in [1.165, 1.54) is 9.42 Å². The fourth-order valence-electron chi connectivity index (χ4n) is 2.32. The summed E-state index contributed by atoms with van der Waals surface area (Å²) in [6.07, 6.45) is 2.88. The van der Waals surface area contributed by atoms with Crippen LogP contribution in [-0.4, -0.2) is 13.2 Å². The van der Waals surface area contributed by atoms with Crippen molar-refractivity contribution in [3.8, 4) is 0 Å². The topological polar surface area (TPSA) is 20.2 Å².